The summed E-state index contributed by atoms with van der Waals surface area (Å²) in [5.41, 5.74) is -0.0307. The number of carbonyl (C=O) groups is 2. The SMILES string of the molecule is O=C1Oc2c(Br)cc(F)cc2C1=O. The van der Waals surface area contributed by atoms with Crippen molar-refractivity contribution in [3.05, 3.63) is 28.0 Å². The fraction of sp³-hybridized carbons (Fsp3) is 0. The summed E-state index contributed by atoms with van der Waals surface area (Å²) in [7, 11) is 0. The second kappa shape index (κ2) is 2.63. The molecule has 0 saturated heterocycles. The summed E-state index contributed by atoms with van der Waals surface area (Å²) in [5, 5.41) is 0. The van der Waals surface area contributed by atoms with Gasteiger partial charge < -0.3 is 4.74 Å². The number of halogens is 2. The summed E-state index contributed by atoms with van der Waals surface area (Å²) >= 11 is 2.98. The fourth-order valence-electron chi connectivity index (χ4n) is 1.08. The highest BCUT2D eigenvalue weighted by molar-refractivity contribution is 9.10. The van der Waals surface area contributed by atoms with Crippen molar-refractivity contribution in [3.8, 4) is 5.75 Å². The third kappa shape index (κ3) is 1.16. The molecule has 13 heavy (non-hydrogen) atoms. The molecule has 1 aromatic carbocycles. The predicted molar refractivity (Wildman–Crippen MR) is 44.1 cm³/mol. The van der Waals surface area contributed by atoms with Crippen LogP contribution in [0.5, 0.6) is 5.75 Å². The molecule has 0 amide bonds. The number of hydrogen-bond acceptors (Lipinski definition) is 3. The average molecular weight is 245 g/mol. The number of rotatable bonds is 0. The Morgan fingerprint density at radius 2 is 2.00 bits per heavy atom. The molecule has 1 aromatic rings. The number of carbonyl (C=O) groups excluding carboxylic acids is 2. The molecule has 0 aliphatic carbocycles. The van der Waals surface area contributed by atoms with Crippen LogP contribution < -0.4 is 4.74 Å². The molecule has 2 rings (SSSR count). The van der Waals surface area contributed by atoms with Crippen molar-refractivity contribution >= 4 is 27.7 Å². The molecule has 0 atom stereocenters. The summed E-state index contributed by atoms with van der Waals surface area (Å²) in [4.78, 5) is 21.8. The molecule has 0 radical (unpaired) electrons. The maximum absolute atomic E-state index is 12.8. The van der Waals surface area contributed by atoms with E-state index in [0.717, 1.165) is 12.1 Å². The lowest BCUT2D eigenvalue weighted by Crippen LogP contribution is -2.10. The Kier molecular flexibility index (Phi) is 1.69. The average Bonchev–Trinajstić information content (AvgIpc) is 2.32. The van der Waals surface area contributed by atoms with Crippen molar-refractivity contribution in [2.45, 2.75) is 0 Å². The standard InChI is InChI=1S/C8H2BrFO3/c9-5-2-3(10)1-4-6(11)8(12)13-7(4)5/h1-2H. The highest BCUT2D eigenvalue weighted by Gasteiger charge is 2.33. The molecule has 0 saturated carbocycles. The van der Waals surface area contributed by atoms with Crippen LogP contribution in [0, 0.1) is 5.82 Å². The van der Waals surface area contributed by atoms with Crippen molar-refractivity contribution in [1.82, 2.24) is 0 Å². The molecule has 0 aromatic heterocycles. The Morgan fingerprint density at radius 1 is 1.31 bits per heavy atom. The predicted octanol–water partition coefficient (Wildman–Crippen LogP) is 1.69. The molecule has 5 heteroatoms. The Morgan fingerprint density at radius 3 is 2.69 bits per heavy atom. The summed E-state index contributed by atoms with van der Waals surface area (Å²) in [6.45, 7) is 0. The summed E-state index contributed by atoms with van der Waals surface area (Å²) in [5.74, 6) is -2.27. The van der Waals surface area contributed by atoms with Crippen molar-refractivity contribution < 1.29 is 18.7 Å². The monoisotopic (exact) mass is 244 g/mol. The molecule has 0 N–H and O–H groups in total. The minimum absolute atomic E-state index is 0.0307. The minimum Gasteiger partial charge on any atom is -0.419 e. The van der Waals surface area contributed by atoms with E-state index in [1.54, 1.807) is 0 Å². The number of hydrogen-bond donors (Lipinski definition) is 0. The van der Waals surface area contributed by atoms with E-state index in [0.29, 0.717) is 0 Å². The first-order valence-electron chi connectivity index (χ1n) is 3.35. The Hall–Kier alpha value is -1.23. The third-order valence-electron chi connectivity index (χ3n) is 1.63. The van der Waals surface area contributed by atoms with Gasteiger partial charge in [-0.3, -0.25) is 4.79 Å². The van der Waals surface area contributed by atoms with Crippen molar-refractivity contribution in [2.24, 2.45) is 0 Å². The van der Waals surface area contributed by atoms with Crippen LogP contribution in [0.3, 0.4) is 0 Å². The number of Topliss-reactive ketones (excluding diaryl/α,β-unsaturated/α-hetero) is 1. The first-order valence-corrected chi connectivity index (χ1v) is 4.14. The van der Waals surface area contributed by atoms with Crippen LogP contribution in [0.4, 0.5) is 4.39 Å². The molecule has 0 spiro atoms. The number of ketones is 1. The quantitative estimate of drug-likeness (QED) is 0.397. The lowest BCUT2D eigenvalue weighted by Gasteiger charge is -1.98. The van der Waals surface area contributed by atoms with Gasteiger partial charge in [0.2, 0.25) is 0 Å². The number of fused-ring (bicyclic) bond motifs is 1. The zero-order valence-electron chi connectivity index (χ0n) is 6.14. The molecule has 1 aliphatic heterocycles. The molecular weight excluding hydrogens is 243 g/mol. The van der Waals surface area contributed by atoms with Gasteiger partial charge >= 0.3 is 5.97 Å². The van der Waals surface area contributed by atoms with Crippen molar-refractivity contribution in [2.75, 3.05) is 0 Å². The molecule has 0 bridgehead atoms. The van der Waals surface area contributed by atoms with E-state index in [1.807, 2.05) is 0 Å². The van der Waals surface area contributed by atoms with E-state index in [-0.39, 0.29) is 15.8 Å². The topological polar surface area (TPSA) is 43.4 Å². The van der Waals surface area contributed by atoms with Gasteiger partial charge in [0.1, 0.15) is 5.82 Å². The second-order valence-electron chi connectivity index (χ2n) is 2.48. The highest BCUT2D eigenvalue weighted by atomic mass is 79.9. The largest absolute Gasteiger partial charge is 0.419 e. The normalized spacial score (nSPS) is 14.3. The Bertz CT molecular complexity index is 428. The lowest BCUT2D eigenvalue weighted by molar-refractivity contribution is -0.128. The van der Waals surface area contributed by atoms with Crippen LogP contribution in [-0.4, -0.2) is 11.8 Å². The molecule has 1 aliphatic rings. The third-order valence-corrected chi connectivity index (χ3v) is 2.22. The smallest absolute Gasteiger partial charge is 0.385 e. The van der Waals surface area contributed by atoms with E-state index >= 15 is 0 Å². The Labute approximate surface area is 80.6 Å². The zero-order chi connectivity index (χ0) is 9.59. The number of esters is 1. The molecule has 3 nitrogen and oxygen atoms in total. The first-order chi connectivity index (χ1) is 6.09. The number of benzene rings is 1. The van der Waals surface area contributed by atoms with E-state index in [9.17, 15) is 14.0 Å². The minimum atomic E-state index is -0.971. The van der Waals surface area contributed by atoms with Gasteiger partial charge in [0.15, 0.2) is 5.75 Å². The fourth-order valence-corrected chi connectivity index (χ4v) is 1.59. The van der Waals surface area contributed by atoms with E-state index in [1.165, 1.54) is 0 Å². The van der Waals surface area contributed by atoms with Crippen LogP contribution in [0.1, 0.15) is 10.4 Å². The van der Waals surface area contributed by atoms with Gasteiger partial charge in [-0.2, -0.15) is 0 Å². The summed E-state index contributed by atoms with van der Waals surface area (Å²) in [6.07, 6.45) is 0. The van der Waals surface area contributed by atoms with Crippen molar-refractivity contribution in [1.29, 1.82) is 0 Å². The van der Waals surface area contributed by atoms with Crippen LogP contribution >= 0.6 is 15.9 Å². The first kappa shape index (κ1) is 8.37. The molecular formula is C8H2BrFO3. The van der Waals surface area contributed by atoms with Gasteiger partial charge in [0.25, 0.3) is 5.78 Å². The van der Waals surface area contributed by atoms with E-state index < -0.39 is 17.6 Å². The molecule has 1 heterocycles. The van der Waals surface area contributed by atoms with E-state index in [2.05, 4.69) is 20.7 Å². The van der Waals surface area contributed by atoms with Gasteiger partial charge in [0.05, 0.1) is 10.0 Å². The Balaban J connectivity index is 2.70. The van der Waals surface area contributed by atoms with Crippen LogP contribution in [0.15, 0.2) is 16.6 Å². The maximum atomic E-state index is 12.8. The van der Waals surface area contributed by atoms with E-state index in [4.69, 9.17) is 0 Å². The summed E-state index contributed by atoms with van der Waals surface area (Å²) < 4.78 is 17.6. The highest BCUT2D eigenvalue weighted by Crippen LogP contribution is 2.34. The lowest BCUT2D eigenvalue weighted by atomic mass is 10.1. The second-order valence-corrected chi connectivity index (χ2v) is 3.34. The van der Waals surface area contributed by atoms with Gasteiger partial charge in [-0.15, -0.1) is 0 Å². The van der Waals surface area contributed by atoms with Gasteiger partial charge in [-0.1, -0.05) is 0 Å². The molecule has 0 unspecified atom stereocenters. The van der Waals surface area contributed by atoms with Crippen LogP contribution in [0.2, 0.25) is 0 Å². The summed E-state index contributed by atoms with van der Waals surface area (Å²) in [6, 6.07) is 2.11. The van der Waals surface area contributed by atoms with Crippen LogP contribution in [-0.2, 0) is 4.79 Å². The number of ether oxygens (including phenoxy) is 1. The van der Waals surface area contributed by atoms with Crippen LogP contribution in [0.25, 0.3) is 0 Å². The van der Waals surface area contributed by atoms with Crippen molar-refractivity contribution in [3.63, 3.8) is 0 Å². The van der Waals surface area contributed by atoms with Gasteiger partial charge in [0, 0.05) is 0 Å². The van der Waals surface area contributed by atoms with Gasteiger partial charge in [-0.25, -0.2) is 9.18 Å². The van der Waals surface area contributed by atoms with Gasteiger partial charge in [-0.05, 0) is 28.1 Å². The zero-order valence-corrected chi connectivity index (χ0v) is 7.72. The molecule has 0 fully saturated rings. The maximum Gasteiger partial charge on any atom is 0.385 e. The molecule has 66 valence electrons.